The summed E-state index contributed by atoms with van der Waals surface area (Å²) >= 11 is 7.89. The number of imidazole rings is 1. The lowest BCUT2D eigenvalue weighted by molar-refractivity contribution is 0.624. The SMILES string of the molecule is Clc1ccc(CCC(Cn2ccnc2)Sc2ccc(-n3nccn3)cc2)cc1. The summed E-state index contributed by atoms with van der Waals surface area (Å²) in [7, 11) is 0. The normalized spacial score (nSPS) is 12.2. The highest BCUT2D eigenvalue weighted by Gasteiger charge is 2.12. The number of rotatable bonds is 8. The first-order valence-electron chi connectivity index (χ1n) is 9.10. The summed E-state index contributed by atoms with van der Waals surface area (Å²) in [6.07, 6.45) is 11.2. The van der Waals surface area contributed by atoms with Crippen molar-refractivity contribution >= 4 is 23.4 Å². The van der Waals surface area contributed by atoms with Crippen LogP contribution in [-0.4, -0.2) is 29.8 Å². The summed E-state index contributed by atoms with van der Waals surface area (Å²) in [5.74, 6) is 0. The second kappa shape index (κ2) is 9.08. The molecule has 28 heavy (non-hydrogen) atoms. The van der Waals surface area contributed by atoms with Crippen LogP contribution in [0.4, 0.5) is 0 Å². The molecule has 0 aliphatic rings. The van der Waals surface area contributed by atoms with Gasteiger partial charge in [-0.25, -0.2) is 4.98 Å². The molecule has 2 aromatic heterocycles. The molecule has 0 spiro atoms. The van der Waals surface area contributed by atoms with Crippen LogP contribution < -0.4 is 0 Å². The van der Waals surface area contributed by atoms with Gasteiger partial charge in [0.25, 0.3) is 0 Å². The van der Waals surface area contributed by atoms with Crippen molar-refractivity contribution in [1.29, 1.82) is 0 Å². The molecule has 0 bridgehead atoms. The third kappa shape index (κ3) is 5.03. The van der Waals surface area contributed by atoms with Crippen molar-refractivity contribution in [3.05, 3.63) is 90.2 Å². The van der Waals surface area contributed by atoms with Gasteiger partial charge >= 0.3 is 0 Å². The van der Waals surface area contributed by atoms with E-state index in [-0.39, 0.29) is 0 Å². The molecular formula is C21H20ClN5S. The quantitative estimate of drug-likeness (QED) is 0.388. The molecule has 0 aliphatic carbocycles. The Kier molecular flexibility index (Phi) is 6.09. The molecular weight excluding hydrogens is 390 g/mol. The Hall–Kier alpha value is -2.57. The zero-order valence-corrected chi connectivity index (χ0v) is 16.8. The predicted molar refractivity (Wildman–Crippen MR) is 113 cm³/mol. The van der Waals surface area contributed by atoms with Crippen LogP contribution in [0.1, 0.15) is 12.0 Å². The molecule has 142 valence electrons. The first-order chi connectivity index (χ1) is 13.8. The largest absolute Gasteiger partial charge is 0.336 e. The number of hydrogen-bond donors (Lipinski definition) is 0. The smallest absolute Gasteiger partial charge is 0.0946 e. The molecule has 5 nitrogen and oxygen atoms in total. The maximum Gasteiger partial charge on any atom is 0.0946 e. The zero-order chi connectivity index (χ0) is 19.2. The van der Waals surface area contributed by atoms with Crippen LogP contribution in [0.5, 0.6) is 0 Å². The number of hydrogen-bond acceptors (Lipinski definition) is 4. The molecule has 2 aromatic carbocycles. The van der Waals surface area contributed by atoms with Gasteiger partial charge in [0.15, 0.2) is 0 Å². The van der Waals surface area contributed by atoms with Gasteiger partial charge in [0.1, 0.15) is 0 Å². The van der Waals surface area contributed by atoms with Crippen LogP contribution in [0, 0.1) is 0 Å². The van der Waals surface area contributed by atoms with Gasteiger partial charge in [-0.05, 0) is 54.8 Å². The molecule has 0 saturated heterocycles. The fraction of sp³-hybridized carbons (Fsp3) is 0.190. The van der Waals surface area contributed by atoms with Crippen molar-refractivity contribution in [3.63, 3.8) is 0 Å². The number of halogens is 1. The second-order valence-electron chi connectivity index (χ2n) is 6.48. The average molecular weight is 410 g/mol. The van der Waals surface area contributed by atoms with Crippen molar-refractivity contribution < 1.29 is 0 Å². The van der Waals surface area contributed by atoms with Crippen LogP contribution in [-0.2, 0) is 13.0 Å². The number of benzene rings is 2. The van der Waals surface area contributed by atoms with Gasteiger partial charge < -0.3 is 4.57 Å². The lowest BCUT2D eigenvalue weighted by Crippen LogP contribution is -2.13. The molecule has 0 amide bonds. The van der Waals surface area contributed by atoms with Gasteiger partial charge in [0.2, 0.25) is 0 Å². The van der Waals surface area contributed by atoms with E-state index in [2.05, 4.69) is 56.1 Å². The molecule has 0 aliphatic heterocycles. The van der Waals surface area contributed by atoms with Gasteiger partial charge in [-0.2, -0.15) is 15.0 Å². The second-order valence-corrected chi connectivity index (χ2v) is 8.29. The van der Waals surface area contributed by atoms with E-state index in [9.17, 15) is 0 Å². The van der Waals surface area contributed by atoms with E-state index in [0.717, 1.165) is 30.1 Å². The van der Waals surface area contributed by atoms with E-state index < -0.39 is 0 Å². The topological polar surface area (TPSA) is 48.5 Å². The van der Waals surface area contributed by atoms with Crippen LogP contribution in [0.2, 0.25) is 5.02 Å². The van der Waals surface area contributed by atoms with Crippen molar-refractivity contribution in [1.82, 2.24) is 24.5 Å². The first-order valence-corrected chi connectivity index (χ1v) is 10.4. The third-order valence-corrected chi connectivity index (χ3v) is 5.95. The van der Waals surface area contributed by atoms with E-state index in [1.807, 2.05) is 42.6 Å². The first kappa shape index (κ1) is 18.8. The monoisotopic (exact) mass is 409 g/mol. The standard InChI is InChI=1S/C21H20ClN5S/c22-18-4-1-17(2-5-18)3-8-21(15-26-14-13-23-16-26)28-20-9-6-19(7-10-20)27-24-11-12-25-27/h1-2,4-7,9-14,16,21H,3,8,15H2. The van der Waals surface area contributed by atoms with Gasteiger partial charge in [-0.15, -0.1) is 11.8 Å². The van der Waals surface area contributed by atoms with E-state index in [0.29, 0.717) is 5.25 Å². The summed E-state index contributed by atoms with van der Waals surface area (Å²) in [4.78, 5) is 7.03. The summed E-state index contributed by atoms with van der Waals surface area (Å²) < 4.78 is 2.14. The number of thioether (sulfide) groups is 1. The summed E-state index contributed by atoms with van der Waals surface area (Å²) in [6.45, 7) is 0.917. The number of aromatic nitrogens is 5. The Morgan fingerprint density at radius 2 is 1.68 bits per heavy atom. The lowest BCUT2D eigenvalue weighted by atomic mass is 10.1. The Balaban J connectivity index is 1.44. The fourth-order valence-corrected chi connectivity index (χ4v) is 4.28. The van der Waals surface area contributed by atoms with E-state index in [1.54, 1.807) is 17.2 Å². The molecule has 1 atom stereocenters. The van der Waals surface area contributed by atoms with Crippen LogP contribution in [0.3, 0.4) is 0 Å². The zero-order valence-electron chi connectivity index (χ0n) is 15.2. The van der Waals surface area contributed by atoms with Gasteiger partial charge in [-0.1, -0.05) is 23.7 Å². The van der Waals surface area contributed by atoms with E-state index in [4.69, 9.17) is 11.6 Å². The molecule has 7 heteroatoms. The van der Waals surface area contributed by atoms with Crippen molar-refractivity contribution in [2.24, 2.45) is 0 Å². The summed E-state index contributed by atoms with van der Waals surface area (Å²) in [5.41, 5.74) is 2.27. The van der Waals surface area contributed by atoms with Crippen LogP contribution >= 0.6 is 23.4 Å². The van der Waals surface area contributed by atoms with Crippen molar-refractivity contribution in [3.8, 4) is 5.69 Å². The Labute approximate surface area is 173 Å². The molecule has 0 fully saturated rings. The van der Waals surface area contributed by atoms with Crippen molar-refractivity contribution in [2.45, 2.75) is 29.5 Å². The fourth-order valence-electron chi connectivity index (χ4n) is 3.00. The third-order valence-electron chi connectivity index (χ3n) is 4.43. The van der Waals surface area contributed by atoms with E-state index >= 15 is 0 Å². The summed E-state index contributed by atoms with van der Waals surface area (Å²) in [6, 6.07) is 16.5. The molecule has 4 aromatic rings. The van der Waals surface area contributed by atoms with E-state index in [1.165, 1.54) is 10.5 Å². The Morgan fingerprint density at radius 1 is 0.929 bits per heavy atom. The minimum atomic E-state index is 0.429. The molecule has 0 saturated carbocycles. The maximum absolute atomic E-state index is 6.00. The maximum atomic E-state index is 6.00. The van der Waals surface area contributed by atoms with Gasteiger partial charge in [0, 0.05) is 34.1 Å². The minimum absolute atomic E-state index is 0.429. The van der Waals surface area contributed by atoms with Crippen LogP contribution in [0.15, 0.2) is 84.5 Å². The molecule has 0 radical (unpaired) electrons. The highest BCUT2D eigenvalue weighted by atomic mass is 35.5. The van der Waals surface area contributed by atoms with Gasteiger partial charge in [-0.3, -0.25) is 0 Å². The predicted octanol–water partition coefficient (Wildman–Crippen LogP) is 4.91. The average Bonchev–Trinajstić information content (AvgIpc) is 3.42. The minimum Gasteiger partial charge on any atom is -0.336 e. The molecule has 2 heterocycles. The molecule has 0 N–H and O–H groups in total. The summed E-state index contributed by atoms with van der Waals surface area (Å²) in [5, 5.41) is 9.56. The number of nitrogens with zero attached hydrogens (tertiary/aromatic N) is 5. The van der Waals surface area contributed by atoms with Gasteiger partial charge in [0.05, 0.1) is 24.4 Å². The van der Waals surface area contributed by atoms with Crippen molar-refractivity contribution in [2.75, 3.05) is 0 Å². The van der Waals surface area contributed by atoms with Crippen LogP contribution in [0.25, 0.3) is 5.69 Å². The lowest BCUT2D eigenvalue weighted by Gasteiger charge is -2.17. The Bertz CT molecular complexity index is 967. The highest BCUT2D eigenvalue weighted by molar-refractivity contribution is 8.00. The molecule has 1 unspecified atom stereocenters. The Morgan fingerprint density at radius 3 is 2.36 bits per heavy atom. The molecule has 4 rings (SSSR count). The number of aryl methyl sites for hydroxylation is 1. The highest BCUT2D eigenvalue weighted by Crippen LogP contribution is 2.28.